The predicted octanol–water partition coefficient (Wildman–Crippen LogP) is 2.93. The molecule has 0 spiro atoms. The molecule has 0 unspecified atom stereocenters. The molecule has 0 aliphatic carbocycles. The minimum absolute atomic E-state index is 0.0123. The van der Waals surface area contributed by atoms with Crippen molar-refractivity contribution in [2.45, 2.75) is 0 Å². The highest BCUT2D eigenvalue weighted by molar-refractivity contribution is 9.10. The van der Waals surface area contributed by atoms with Gasteiger partial charge in [-0.3, -0.25) is 9.78 Å². The average molecular weight is 339 g/mol. The fraction of sp³-hybridized carbons (Fsp3) is 0. The SMILES string of the molecule is O=C(O)c1ccncc1NC(=O)c1cccc(F)c1Br. The second kappa shape index (κ2) is 5.79. The van der Waals surface area contributed by atoms with E-state index < -0.39 is 17.7 Å². The lowest BCUT2D eigenvalue weighted by atomic mass is 10.2. The third kappa shape index (κ3) is 2.83. The molecule has 0 bridgehead atoms. The minimum Gasteiger partial charge on any atom is -0.478 e. The molecule has 0 radical (unpaired) electrons. The maximum absolute atomic E-state index is 13.4. The molecule has 5 nitrogen and oxygen atoms in total. The lowest BCUT2D eigenvalue weighted by Gasteiger charge is -2.09. The molecule has 1 amide bonds. The van der Waals surface area contributed by atoms with Gasteiger partial charge in [0.25, 0.3) is 5.91 Å². The van der Waals surface area contributed by atoms with E-state index in [9.17, 15) is 14.0 Å². The summed E-state index contributed by atoms with van der Waals surface area (Å²) in [7, 11) is 0. The third-order valence-corrected chi connectivity index (χ3v) is 3.30. The number of anilines is 1. The van der Waals surface area contributed by atoms with E-state index in [-0.39, 0.29) is 21.3 Å². The van der Waals surface area contributed by atoms with E-state index in [0.717, 1.165) is 0 Å². The zero-order chi connectivity index (χ0) is 14.7. The summed E-state index contributed by atoms with van der Waals surface area (Å²) in [5.41, 5.74) is 0.00669. The molecule has 2 N–H and O–H groups in total. The fourth-order valence-corrected chi connectivity index (χ4v) is 1.99. The highest BCUT2D eigenvalue weighted by Crippen LogP contribution is 2.22. The first-order valence-electron chi connectivity index (χ1n) is 5.43. The molecule has 102 valence electrons. The smallest absolute Gasteiger partial charge is 0.337 e. The van der Waals surface area contributed by atoms with Gasteiger partial charge in [-0.2, -0.15) is 0 Å². The number of aromatic carboxylic acids is 1. The van der Waals surface area contributed by atoms with Crippen molar-refractivity contribution in [2.75, 3.05) is 5.32 Å². The van der Waals surface area contributed by atoms with Crippen LogP contribution in [-0.4, -0.2) is 22.0 Å². The summed E-state index contributed by atoms with van der Waals surface area (Å²) in [6.45, 7) is 0. The van der Waals surface area contributed by atoms with E-state index in [0.29, 0.717) is 0 Å². The molecular weight excluding hydrogens is 331 g/mol. The van der Waals surface area contributed by atoms with Crippen molar-refractivity contribution < 1.29 is 19.1 Å². The van der Waals surface area contributed by atoms with Crippen LogP contribution in [0, 0.1) is 5.82 Å². The van der Waals surface area contributed by atoms with E-state index in [1.165, 1.54) is 36.7 Å². The van der Waals surface area contributed by atoms with Crippen molar-refractivity contribution in [1.29, 1.82) is 0 Å². The van der Waals surface area contributed by atoms with Gasteiger partial charge in [-0.05, 0) is 34.1 Å². The second-order valence-electron chi connectivity index (χ2n) is 3.78. The molecule has 0 aliphatic rings. The number of nitrogens with one attached hydrogen (secondary N) is 1. The van der Waals surface area contributed by atoms with Gasteiger partial charge in [-0.25, -0.2) is 9.18 Å². The average Bonchev–Trinajstić information content (AvgIpc) is 2.42. The van der Waals surface area contributed by atoms with Gasteiger partial charge in [-0.15, -0.1) is 0 Å². The Hall–Kier alpha value is -2.28. The molecule has 0 fully saturated rings. The number of benzene rings is 1. The van der Waals surface area contributed by atoms with Gasteiger partial charge in [0.05, 0.1) is 27.5 Å². The number of pyridine rings is 1. The largest absolute Gasteiger partial charge is 0.478 e. The molecular formula is C13H8BrFN2O3. The Morgan fingerprint density at radius 1 is 1.25 bits per heavy atom. The number of halogens is 2. The Morgan fingerprint density at radius 3 is 2.70 bits per heavy atom. The number of amides is 1. The Morgan fingerprint density at radius 2 is 2.00 bits per heavy atom. The topological polar surface area (TPSA) is 79.3 Å². The van der Waals surface area contributed by atoms with Crippen molar-refractivity contribution in [3.63, 3.8) is 0 Å². The Labute approximate surface area is 121 Å². The van der Waals surface area contributed by atoms with E-state index >= 15 is 0 Å². The van der Waals surface area contributed by atoms with Gasteiger partial charge in [0.15, 0.2) is 0 Å². The third-order valence-electron chi connectivity index (χ3n) is 2.50. The number of aromatic nitrogens is 1. The first kappa shape index (κ1) is 14.1. The summed E-state index contributed by atoms with van der Waals surface area (Å²) in [4.78, 5) is 26.8. The molecule has 1 aromatic heterocycles. The van der Waals surface area contributed by atoms with E-state index in [1.54, 1.807) is 0 Å². The highest BCUT2D eigenvalue weighted by atomic mass is 79.9. The maximum atomic E-state index is 13.4. The summed E-state index contributed by atoms with van der Waals surface area (Å²) in [6, 6.07) is 5.27. The van der Waals surface area contributed by atoms with Crippen molar-refractivity contribution >= 4 is 33.5 Å². The Bertz CT molecular complexity index is 691. The van der Waals surface area contributed by atoms with Crippen LogP contribution in [-0.2, 0) is 0 Å². The molecule has 1 heterocycles. The van der Waals surface area contributed by atoms with Crippen molar-refractivity contribution in [1.82, 2.24) is 4.98 Å². The lowest BCUT2D eigenvalue weighted by molar-refractivity contribution is 0.0698. The van der Waals surface area contributed by atoms with Crippen LogP contribution < -0.4 is 5.32 Å². The monoisotopic (exact) mass is 338 g/mol. The van der Waals surface area contributed by atoms with Gasteiger partial charge in [0.2, 0.25) is 0 Å². The number of hydrogen-bond acceptors (Lipinski definition) is 3. The van der Waals surface area contributed by atoms with Crippen LogP contribution in [0.25, 0.3) is 0 Å². The Kier molecular flexibility index (Phi) is 4.09. The molecule has 0 saturated heterocycles. The van der Waals surface area contributed by atoms with E-state index in [1.807, 2.05) is 0 Å². The van der Waals surface area contributed by atoms with Crippen LogP contribution in [0.15, 0.2) is 41.1 Å². The van der Waals surface area contributed by atoms with Crippen molar-refractivity contribution in [3.8, 4) is 0 Å². The number of carbonyl (C=O) groups excluding carboxylic acids is 1. The van der Waals surface area contributed by atoms with E-state index in [4.69, 9.17) is 5.11 Å². The van der Waals surface area contributed by atoms with Crippen LogP contribution in [0.1, 0.15) is 20.7 Å². The molecule has 2 rings (SSSR count). The van der Waals surface area contributed by atoms with Gasteiger partial charge in [0.1, 0.15) is 5.82 Å². The van der Waals surface area contributed by atoms with Gasteiger partial charge < -0.3 is 10.4 Å². The molecule has 2 aromatic rings. The lowest BCUT2D eigenvalue weighted by Crippen LogP contribution is -2.16. The van der Waals surface area contributed by atoms with Gasteiger partial charge in [-0.1, -0.05) is 6.07 Å². The minimum atomic E-state index is -1.19. The van der Waals surface area contributed by atoms with Gasteiger partial charge in [0, 0.05) is 6.20 Å². The summed E-state index contributed by atoms with van der Waals surface area (Å²) in [5.74, 6) is -2.41. The van der Waals surface area contributed by atoms with Crippen molar-refractivity contribution in [3.05, 3.63) is 58.1 Å². The fourth-order valence-electron chi connectivity index (χ4n) is 1.55. The Balaban J connectivity index is 2.33. The summed E-state index contributed by atoms with van der Waals surface area (Å²) in [6.07, 6.45) is 2.52. The number of carbonyl (C=O) groups is 2. The highest BCUT2D eigenvalue weighted by Gasteiger charge is 2.16. The number of carboxylic acids is 1. The van der Waals surface area contributed by atoms with Crippen LogP contribution in [0.4, 0.5) is 10.1 Å². The van der Waals surface area contributed by atoms with Crippen molar-refractivity contribution in [2.24, 2.45) is 0 Å². The zero-order valence-electron chi connectivity index (χ0n) is 9.93. The second-order valence-corrected chi connectivity index (χ2v) is 4.57. The van der Waals surface area contributed by atoms with Crippen LogP contribution in [0.2, 0.25) is 0 Å². The quantitative estimate of drug-likeness (QED) is 0.901. The van der Waals surface area contributed by atoms with Gasteiger partial charge >= 0.3 is 5.97 Å². The molecule has 0 saturated carbocycles. The predicted molar refractivity (Wildman–Crippen MR) is 73.2 cm³/mol. The summed E-state index contributed by atoms with van der Waals surface area (Å²) in [5, 5.41) is 11.4. The number of rotatable bonds is 3. The maximum Gasteiger partial charge on any atom is 0.337 e. The number of nitrogens with zero attached hydrogens (tertiary/aromatic N) is 1. The normalized spacial score (nSPS) is 10.1. The summed E-state index contributed by atoms with van der Waals surface area (Å²) < 4.78 is 13.4. The molecule has 1 aromatic carbocycles. The molecule has 20 heavy (non-hydrogen) atoms. The zero-order valence-corrected chi connectivity index (χ0v) is 11.5. The van der Waals surface area contributed by atoms with E-state index in [2.05, 4.69) is 26.2 Å². The standard InChI is InChI=1S/C13H8BrFN2O3/c14-11-8(2-1-3-9(11)15)12(18)17-10-6-16-5-4-7(10)13(19)20/h1-6H,(H,17,18)(H,19,20). The first-order chi connectivity index (χ1) is 9.50. The molecule has 0 atom stereocenters. The van der Waals surface area contributed by atoms with Crippen LogP contribution >= 0.6 is 15.9 Å². The summed E-state index contributed by atoms with van der Waals surface area (Å²) >= 11 is 2.97. The van der Waals surface area contributed by atoms with Crippen LogP contribution in [0.3, 0.4) is 0 Å². The molecule has 0 aliphatic heterocycles. The first-order valence-corrected chi connectivity index (χ1v) is 6.22. The van der Waals surface area contributed by atoms with Crippen LogP contribution in [0.5, 0.6) is 0 Å². The number of carboxylic acid groups (broad SMARTS) is 1. The number of hydrogen-bond donors (Lipinski definition) is 2. The molecule has 7 heteroatoms.